The van der Waals surface area contributed by atoms with Gasteiger partial charge in [-0.15, -0.1) is 0 Å². The first-order chi connectivity index (χ1) is 20.0. The number of nitrogens with two attached hydrogens (primary N) is 1. The molecule has 0 radical (unpaired) electrons. The number of amides is 1. The maximum Gasteiger partial charge on any atom is 0.350 e. The van der Waals surface area contributed by atoms with Gasteiger partial charge in [0.25, 0.3) is 15.9 Å². The summed E-state index contributed by atoms with van der Waals surface area (Å²) in [6.07, 6.45) is -0.603. The number of nitrogens with one attached hydrogen (secondary N) is 1. The Bertz CT molecular complexity index is 1720. The second-order valence-corrected chi connectivity index (χ2v) is 13.9. The van der Waals surface area contributed by atoms with Crippen molar-refractivity contribution in [2.75, 3.05) is 29.5 Å². The van der Waals surface area contributed by atoms with Gasteiger partial charge in [-0.1, -0.05) is 53.5 Å². The molecule has 4 aromatic carbocycles. The molecule has 4 rings (SSSR count). The Morgan fingerprint density at radius 2 is 1.57 bits per heavy atom. The van der Waals surface area contributed by atoms with Crippen LogP contribution in [0.2, 0.25) is 10.0 Å². The van der Waals surface area contributed by atoms with E-state index in [9.17, 15) is 17.8 Å². The molecule has 0 saturated heterocycles. The number of halogens is 2. The highest BCUT2D eigenvalue weighted by molar-refractivity contribution is 7.93. The number of anilines is 2. The molecule has 0 aliphatic heterocycles. The van der Waals surface area contributed by atoms with Gasteiger partial charge in [-0.25, -0.2) is 8.42 Å². The van der Waals surface area contributed by atoms with Crippen molar-refractivity contribution in [3.63, 3.8) is 0 Å². The molecule has 42 heavy (non-hydrogen) atoms. The van der Waals surface area contributed by atoms with Gasteiger partial charge < -0.3 is 20.1 Å². The van der Waals surface area contributed by atoms with Gasteiger partial charge in [0.1, 0.15) is 6.29 Å². The SMILES string of the molecule is CCOP(=O)(CN(c1ccc2c(C(=O)NCc3ccc(N)cc3)cccc2c1)S(=O)(=O)c1cc(Cl)cc(Cl)c1)OCC. The van der Waals surface area contributed by atoms with Crippen LogP contribution < -0.4 is 15.4 Å². The van der Waals surface area contributed by atoms with Gasteiger partial charge in [-0.3, -0.25) is 13.7 Å². The molecule has 0 spiro atoms. The molecular weight excluding hydrogens is 620 g/mol. The van der Waals surface area contributed by atoms with E-state index in [0.717, 1.165) is 9.87 Å². The number of carbonyl (C=O) groups is 1. The zero-order valence-electron chi connectivity index (χ0n) is 22.9. The molecule has 0 bridgehead atoms. The lowest BCUT2D eigenvalue weighted by atomic mass is 10.0. The van der Waals surface area contributed by atoms with E-state index in [-0.39, 0.29) is 39.7 Å². The number of rotatable bonds is 12. The molecular formula is C29H30Cl2N3O6PS. The lowest BCUT2D eigenvalue weighted by Crippen LogP contribution is -2.33. The van der Waals surface area contributed by atoms with E-state index in [1.165, 1.54) is 24.3 Å². The molecule has 4 aromatic rings. The minimum absolute atomic E-state index is 0.0424. The highest BCUT2D eigenvalue weighted by Gasteiger charge is 2.35. The third kappa shape index (κ3) is 7.45. The van der Waals surface area contributed by atoms with Crippen molar-refractivity contribution in [1.29, 1.82) is 0 Å². The normalized spacial score (nSPS) is 11.9. The molecule has 0 unspecified atom stereocenters. The first kappa shape index (κ1) is 31.8. The summed E-state index contributed by atoms with van der Waals surface area (Å²) in [6.45, 7) is 3.65. The van der Waals surface area contributed by atoms with Crippen molar-refractivity contribution in [3.8, 4) is 0 Å². The van der Waals surface area contributed by atoms with Crippen molar-refractivity contribution in [3.05, 3.63) is 100 Å². The summed E-state index contributed by atoms with van der Waals surface area (Å²) in [5.74, 6) is -0.305. The number of fused-ring (bicyclic) bond motifs is 1. The predicted octanol–water partition coefficient (Wildman–Crippen LogP) is 7.08. The first-order valence-electron chi connectivity index (χ1n) is 13.0. The van der Waals surface area contributed by atoms with Gasteiger partial charge in [0, 0.05) is 27.8 Å². The molecule has 0 aromatic heterocycles. The Morgan fingerprint density at radius 1 is 0.929 bits per heavy atom. The topological polar surface area (TPSA) is 128 Å². The number of hydrogen-bond acceptors (Lipinski definition) is 7. The standard InChI is InChI=1S/C29H30Cl2N3O6PS/c1-3-39-41(36,40-4-2)19-34(42(37,38)26-16-22(30)15-23(31)17-26)25-12-13-27-21(14-25)6-5-7-28(27)29(35)33-18-20-8-10-24(32)11-9-20/h5-17H,3-4,18-19,32H2,1-2H3,(H,33,35). The molecule has 0 atom stereocenters. The van der Waals surface area contributed by atoms with E-state index in [0.29, 0.717) is 28.6 Å². The van der Waals surface area contributed by atoms with Crippen molar-refractivity contribution in [2.45, 2.75) is 25.3 Å². The Labute approximate surface area is 255 Å². The summed E-state index contributed by atoms with van der Waals surface area (Å²) in [5, 5.41) is 4.31. The second-order valence-electron chi connectivity index (χ2n) is 9.18. The quantitative estimate of drug-likeness (QED) is 0.124. The summed E-state index contributed by atoms with van der Waals surface area (Å²) in [4.78, 5) is 12.9. The summed E-state index contributed by atoms with van der Waals surface area (Å²) in [7, 11) is -8.26. The number of nitrogen functional groups attached to an aromatic ring is 1. The summed E-state index contributed by atoms with van der Waals surface area (Å²) >= 11 is 12.2. The third-order valence-electron chi connectivity index (χ3n) is 6.21. The van der Waals surface area contributed by atoms with E-state index < -0.39 is 23.9 Å². The van der Waals surface area contributed by atoms with Crippen LogP contribution in [0.1, 0.15) is 29.8 Å². The number of nitrogens with zero attached hydrogens (tertiary/aromatic N) is 1. The van der Waals surface area contributed by atoms with Gasteiger partial charge in [0.05, 0.1) is 23.8 Å². The van der Waals surface area contributed by atoms with Gasteiger partial charge in [-0.2, -0.15) is 0 Å². The van der Waals surface area contributed by atoms with E-state index in [4.69, 9.17) is 38.0 Å². The molecule has 0 saturated carbocycles. The molecule has 9 nitrogen and oxygen atoms in total. The van der Waals surface area contributed by atoms with E-state index in [2.05, 4.69) is 5.32 Å². The van der Waals surface area contributed by atoms with Gasteiger partial charge in [0.15, 0.2) is 0 Å². The number of sulfonamides is 1. The average Bonchev–Trinajstić information content (AvgIpc) is 2.94. The van der Waals surface area contributed by atoms with Gasteiger partial charge in [-0.05, 0) is 78.7 Å². The van der Waals surface area contributed by atoms with E-state index >= 15 is 0 Å². The van der Waals surface area contributed by atoms with Gasteiger partial charge >= 0.3 is 7.60 Å². The molecule has 0 aliphatic rings. The maximum absolute atomic E-state index is 14.0. The van der Waals surface area contributed by atoms with Crippen molar-refractivity contribution in [2.24, 2.45) is 0 Å². The molecule has 222 valence electrons. The molecule has 0 heterocycles. The van der Waals surface area contributed by atoms with Crippen molar-refractivity contribution in [1.82, 2.24) is 5.32 Å². The maximum atomic E-state index is 14.0. The van der Waals surface area contributed by atoms with Crippen molar-refractivity contribution < 1.29 is 26.8 Å². The Morgan fingerprint density at radius 3 is 2.19 bits per heavy atom. The fourth-order valence-corrected chi connectivity index (χ4v) is 8.70. The van der Waals surface area contributed by atoms with Gasteiger partial charge in [0.2, 0.25) is 0 Å². The number of carbonyl (C=O) groups excluding carboxylic acids is 1. The van der Waals surface area contributed by atoms with E-state index in [1.54, 1.807) is 56.3 Å². The molecule has 0 fully saturated rings. The summed E-state index contributed by atoms with van der Waals surface area (Å²) in [6, 6.07) is 21.0. The highest BCUT2D eigenvalue weighted by Crippen LogP contribution is 2.50. The second kappa shape index (κ2) is 13.5. The lowest BCUT2D eigenvalue weighted by molar-refractivity contribution is 0.0952. The fourth-order valence-electron chi connectivity index (χ4n) is 4.31. The van der Waals surface area contributed by atoms with Crippen molar-refractivity contribution >= 4 is 68.9 Å². The van der Waals surface area contributed by atoms with Crippen LogP contribution in [0.15, 0.2) is 83.8 Å². The molecule has 1 amide bonds. The minimum Gasteiger partial charge on any atom is -0.399 e. The number of benzene rings is 4. The van der Waals surface area contributed by atoms with Crippen LogP contribution >= 0.6 is 30.8 Å². The van der Waals surface area contributed by atoms with Crippen LogP contribution in [-0.2, 0) is 30.2 Å². The third-order valence-corrected chi connectivity index (χ3v) is 10.5. The zero-order chi connectivity index (χ0) is 30.5. The van der Waals surface area contributed by atoms with Crippen LogP contribution in [0.4, 0.5) is 11.4 Å². The Hall–Kier alpha value is -3.11. The highest BCUT2D eigenvalue weighted by atomic mass is 35.5. The van der Waals surface area contributed by atoms with Crippen LogP contribution in [-0.4, -0.2) is 33.8 Å². The Kier molecular flexibility index (Phi) is 10.2. The lowest BCUT2D eigenvalue weighted by Gasteiger charge is -2.28. The minimum atomic E-state index is -4.36. The van der Waals surface area contributed by atoms with Crippen LogP contribution in [0.3, 0.4) is 0 Å². The summed E-state index contributed by atoms with van der Waals surface area (Å²) < 4.78 is 53.3. The zero-order valence-corrected chi connectivity index (χ0v) is 26.1. The first-order valence-corrected chi connectivity index (χ1v) is 16.9. The molecule has 0 aliphatic carbocycles. The monoisotopic (exact) mass is 649 g/mol. The Balaban J connectivity index is 1.75. The summed E-state index contributed by atoms with van der Waals surface area (Å²) in [5.41, 5.74) is 7.83. The van der Waals surface area contributed by atoms with E-state index in [1.807, 2.05) is 12.1 Å². The fraction of sp³-hybridized carbons (Fsp3) is 0.207. The smallest absolute Gasteiger partial charge is 0.350 e. The van der Waals surface area contributed by atoms with Crippen LogP contribution in [0.5, 0.6) is 0 Å². The predicted molar refractivity (Wildman–Crippen MR) is 168 cm³/mol. The molecule has 13 heteroatoms. The largest absolute Gasteiger partial charge is 0.399 e. The van der Waals surface area contributed by atoms with Crippen LogP contribution in [0.25, 0.3) is 10.8 Å². The number of hydrogen-bond donors (Lipinski definition) is 2. The van der Waals surface area contributed by atoms with Crippen LogP contribution in [0, 0.1) is 0 Å². The molecule has 3 N–H and O–H groups in total. The average molecular weight is 651 g/mol.